The normalized spacial score (nSPS) is 17.3. The number of anilines is 1. The quantitative estimate of drug-likeness (QED) is 0.902. The van der Waals surface area contributed by atoms with Gasteiger partial charge in [-0.2, -0.15) is 5.10 Å². The van der Waals surface area contributed by atoms with E-state index in [-0.39, 0.29) is 12.1 Å². The molecule has 0 spiro atoms. The number of aryl methyl sites for hydroxylation is 2. The van der Waals surface area contributed by atoms with Crippen molar-refractivity contribution in [1.82, 2.24) is 25.1 Å². The first-order chi connectivity index (χ1) is 10.2. The summed E-state index contributed by atoms with van der Waals surface area (Å²) in [6, 6.07) is -0.129. The Hall–Kier alpha value is -1.96. The number of carbonyl (C=O) groups excluding carboxylic acids is 1. The number of urea groups is 1. The Morgan fingerprint density at radius 3 is 3.29 bits per heavy atom. The van der Waals surface area contributed by atoms with E-state index in [1.165, 1.54) is 16.2 Å². The van der Waals surface area contributed by atoms with Gasteiger partial charge in [-0.25, -0.2) is 19.4 Å². The maximum Gasteiger partial charge on any atom is 0.321 e. The number of fused-ring (bicyclic) bond motifs is 1. The Balaban J connectivity index is 1.52. The van der Waals surface area contributed by atoms with Gasteiger partial charge in [0.05, 0.1) is 12.6 Å². The van der Waals surface area contributed by atoms with E-state index in [1.807, 2.05) is 10.9 Å². The van der Waals surface area contributed by atoms with Crippen LogP contribution in [0, 0.1) is 0 Å². The molecule has 21 heavy (non-hydrogen) atoms. The van der Waals surface area contributed by atoms with Gasteiger partial charge in [-0.15, -0.1) is 11.3 Å². The summed E-state index contributed by atoms with van der Waals surface area (Å²) in [6.45, 7) is 2.79. The summed E-state index contributed by atoms with van der Waals surface area (Å²) < 4.78 is 1.84. The van der Waals surface area contributed by atoms with Crippen molar-refractivity contribution in [3.8, 4) is 0 Å². The summed E-state index contributed by atoms with van der Waals surface area (Å²) >= 11 is 1.53. The third-order valence-corrected chi connectivity index (χ3v) is 4.38. The monoisotopic (exact) mass is 306 g/mol. The van der Waals surface area contributed by atoms with Crippen molar-refractivity contribution in [3.05, 3.63) is 23.2 Å². The van der Waals surface area contributed by atoms with E-state index in [9.17, 15) is 4.79 Å². The molecule has 0 aromatic carbocycles. The zero-order valence-electron chi connectivity index (χ0n) is 11.9. The zero-order chi connectivity index (χ0) is 14.7. The van der Waals surface area contributed by atoms with Gasteiger partial charge in [-0.3, -0.25) is 5.32 Å². The smallest absolute Gasteiger partial charge is 0.321 e. The van der Waals surface area contributed by atoms with Crippen LogP contribution < -0.4 is 10.6 Å². The number of thiazole rings is 1. The second-order valence-electron chi connectivity index (χ2n) is 5.07. The average Bonchev–Trinajstić information content (AvgIpc) is 3.08. The van der Waals surface area contributed by atoms with Gasteiger partial charge in [0.25, 0.3) is 0 Å². The molecule has 2 aromatic rings. The molecule has 1 aliphatic heterocycles. The molecular weight excluding hydrogens is 288 g/mol. The maximum absolute atomic E-state index is 12.0. The summed E-state index contributed by atoms with van der Waals surface area (Å²) in [5, 5.41) is 10.6. The van der Waals surface area contributed by atoms with Crippen LogP contribution in [0.15, 0.2) is 12.5 Å². The summed E-state index contributed by atoms with van der Waals surface area (Å²) in [5.41, 5.74) is 0. The van der Waals surface area contributed by atoms with E-state index >= 15 is 0 Å². The van der Waals surface area contributed by atoms with Crippen LogP contribution in [-0.2, 0) is 19.4 Å². The number of amides is 2. The fourth-order valence-corrected chi connectivity index (χ4v) is 3.31. The number of aromatic nitrogens is 4. The predicted molar refractivity (Wildman–Crippen MR) is 80.4 cm³/mol. The molecule has 0 fully saturated rings. The van der Waals surface area contributed by atoms with Crippen molar-refractivity contribution < 1.29 is 4.79 Å². The molecule has 1 aliphatic rings. The van der Waals surface area contributed by atoms with Gasteiger partial charge >= 0.3 is 6.03 Å². The van der Waals surface area contributed by atoms with Crippen molar-refractivity contribution in [2.24, 2.45) is 0 Å². The van der Waals surface area contributed by atoms with Gasteiger partial charge in [0.15, 0.2) is 5.13 Å². The molecule has 1 atom stereocenters. The zero-order valence-corrected chi connectivity index (χ0v) is 12.7. The first-order valence-corrected chi connectivity index (χ1v) is 7.95. The van der Waals surface area contributed by atoms with Gasteiger partial charge < -0.3 is 5.32 Å². The number of nitrogens with one attached hydrogen (secondary N) is 2. The highest BCUT2D eigenvalue weighted by Gasteiger charge is 2.21. The summed E-state index contributed by atoms with van der Waals surface area (Å²) in [5.74, 6) is 0.984. The summed E-state index contributed by atoms with van der Waals surface area (Å²) in [4.78, 5) is 21.6. The lowest BCUT2D eigenvalue weighted by Crippen LogP contribution is -2.43. The van der Waals surface area contributed by atoms with Crippen LogP contribution >= 0.6 is 11.3 Å². The molecule has 3 rings (SSSR count). The first-order valence-electron chi connectivity index (χ1n) is 7.13. The first kappa shape index (κ1) is 14.0. The standard InChI is InChI=1S/C13H18N6OS/c1-2-3-10-6-14-13(21-10)18-12(20)17-9-4-5-11-15-8-16-19(11)7-9/h6,8-9H,2-5,7H2,1H3,(H2,14,17,18,20)/t9-/m0/s1. The van der Waals surface area contributed by atoms with E-state index in [1.54, 1.807) is 6.33 Å². The molecule has 3 heterocycles. The van der Waals surface area contributed by atoms with Crippen LogP contribution in [0.25, 0.3) is 0 Å². The Morgan fingerprint density at radius 1 is 1.52 bits per heavy atom. The Morgan fingerprint density at radius 2 is 2.43 bits per heavy atom. The van der Waals surface area contributed by atoms with Crippen LogP contribution in [0.4, 0.5) is 9.93 Å². The minimum atomic E-state index is -0.207. The molecule has 0 saturated carbocycles. The highest BCUT2D eigenvalue weighted by atomic mass is 32.1. The minimum Gasteiger partial charge on any atom is -0.333 e. The largest absolute Gasteiger partial charge is 0.333 e. The highest BCUT2D eigenvalue weighted by Crippen LogP contribution is 2.19. The van der Waals surface area contributed by atoms with Gasteiger partial charge in [0.1, 0.15) is 12.2 Å². The van der Waals surface area contributed by atoms with Crippen LogP contribution in [0.3, 0.4) is 0 Å². The van der Waals surface area contributed by atoms with E-state index in [0.717, 1.165) is 31.5 Å². The van der Waals surface area contributed by atoms with Gasteiger partial charge in [-0.05, 0) is 12.8 Å². The number of carbonyl (C=O) groups is 1. The molecule has 8 heteroatoms. The predicted octanol–water partition coefficient (Wildman–Crippen LogP) is 1.82. The lowest BCUT2D eigenvalue weighted by Gasteiger charge is -2.23. The second kappa shape index (κ2) is 6.21. The number of hydrogen-bond acceptors (Lipinski definition) is 5. The van der Waals surface area contributed by atoms with Crippen molar-refractivity contribution in [2.75, 3.05) is 5.32 Å². The molecule has 0 bridgehead atoms. The van der Waals surface area contributed by atoms with Crippen molar-refractivity contribution in [1.29, 1.82) is 0 Å². The van der Waals surface area contributed by atoms with Crippen LogP contribution in [-0.4, -0.2) is 31.8 Å². The van der Waals surface area contributed by atoms with E-state index in [4.69, 9.17) is 0 Å². The molecule has 0 aliphatic carbocycles. The fraction of sp³-hybridized carbons (Fsp3) is 0.538. The molecule has 7 nitrogen and oxygen atoms in total. The molecule has 0 unspecified atom stereocenters. The van der Waals surface area contributed by atoms with Gasteiger partial charge in [-0.1, -0.05) is 13.3 Å². The average molecular weight is 306 g/mol. The molecular formula is C13H18N6OS. The van der Waals surface area contributed by atoms with E-state index < -0.39 is 0 Å². The molecule has 0 saturated heterocycles. The topological polar surface area (TPSA) is 84.7 Å². The lowest BCUT2D eigenvalue weighted by molar-refractivity contribution is 0.243. The number of hydrogen-bond donors (Lipinski definition) is 2. The van der Waals surface area contributed by atoms with Gasteiger partial charge in [0, 0.05) is 17.5 Å². The third-order valence-electron chi connectivity index (χ3n) is 3.41. The number of nitrogens with zero attached hydrogens (tertiary/aromatic N) is 4. The van der Waals surface area contributed by atoms with Crippen molar-refractivity contribution in [3.63, 3.8) is 0 Å². The second-order valence-corrected chi connectivity index (χ2v) is 6.19. The Labute approximate surface area is 126 Å². The molecule has 2 N–H and O–H groups in total. The van der Waals surface area contributed by atoms with E-state index in [0.29, 0.717) is 11.7 Å². The van der Waals surface area contributed by atoms with Crippen LogP contribution in [0.1, 0.15) is 30.5 Å². The lowest BCUT2D eigenvalue weighted by atomic mass is 10.1. The maximum atomic E-state index is 12.0. The molecule has 0 radical (unpaired) electrons. The Kier molecular flexibility index (Phi) is 4.14. The van der Waals surface area contributed by atoms with Crippen LogP contribution in [0.2, 0.25) is 0 Å². The summed E-state index contributed by atoms with van der Waals surface area (Å²) in [6.07, 6.45) is 7.18. The van der Waals surface area contributed by atoms with Crippen molar-refractivity contribution >= 4 is 22.5 Å². The fourth-order valence-electron chi connectivity index (χ4n) is 2.40. The molecule has 2 aromatic heterocycles. The number of rotatable bonds is 4. The Bertz CT molecular complexity index is 622. The van der Waals surface area contributed by atoms with Crippen molar-refractivity contribution in [2.45, 2.75) is 45.2 Å². The molecule has 112 valence electrons. The van der Waals surface area contributed by atoms with Gasteiger partial charge in [0.2, 0.25) is 0 Å². The SMILES string of the molecule is CCCc1cnc(NC(=O)N[C@H]2CCc3ncnn3C2)s1. The molecule has 2 amide bonds. The minimum absolute atomic E-state index is 0.0780. The highest BCUT2D eigenvalue weighted by molar-refractivity contribution is 7.15. The van der Waals surface area contributed by atoms with E-state index in [2.05, 4.69) is 32.6 Å². The summed E-state index contributed by atoms with van der Waals surface area (Å²) in [7, 11) is 0. The van der Waals surface area contributed by atoms with Crippen LogP contribution in [0.5, 0.6) is 0 Å². The third kappa shape index (κ3) is 3.38.